The molecular weight excluding hydrogens is 555 g/mol. The summed E-state index contributed by atoms with van der Waals surface area (Å²) >= 11 is 0. The molecule has 1 saturated heterocycles. The Labute approximate surface area is 251 Å². The molecule has 2 saturated carbocycles. The third kappa shape index (κ3) is 7.23. The zero-order valence-electron chi connectivity index (χ0n) is 24.7. The number of carbonyl (C=O) groups is 2. The topological polar surface area (TPSA) is 73.6 Å². The SMILES string of the molecule is COC(=O)C1CCC(CN2CCC(Cc3cccc(C#N)c3)(CN(F)C(=O)C(F)(F)[C@@H]3C[C@@H]3c3ccccc3)CC2)CC1. The number of nitrogens with zero attached hydrogens (tertiary/aromatic N) is 3. The highest BCUT2D eigenvalue weighted by atomic mass is 19.3. The van der Waals surface area contributed by atoms with Crippen molar-refractivity contribution in [1.82, 2.24) is 10.0 Å². The number of methoxy groups -OCH3 is 1. The van der Waals surface area contributed by atoms with Gasteiger partial charge in [-0.15, -0.1) is 0 Å². The van der Waals surface area contributed by atoms with Gasteiger partial charge in [-0.1, -0.05) is 46.9 Å². The lowest BCUT2D eigenvalue weighted by Gasteiger charge is -2.44. The van der Waals surface area contributed by atoms with Crippen LogP contribution in [0.3, 0.4) is 0 Å². The van der Waals surface area contributed by atoms with Gasteiger partial charge in [0, 0.05) is 12.5 Å². The minimum absolute atomic E-state index is 0.0377. The van der Waals surface area contributed by atoms with Gasteiger partial charge in [0.15, 0.2) is 0 Å². The molecule has 1 heterocycles. The van der Waals surface area contributed by atoms with E-state index in [4.69, 9.17) is 4.74 Å². The van der Waals surface area contributed by atoms with Crippen LogP contribution < -0.4 is 0 Å². The highest BCUT2D eigenvalue weighted by Gasteiger charge is 2.61. The van der Waals surface area contributed by atoms with E-state index in [0.717, 1.165) is 43.4 Å². The van der Waals surface area contributed by atoms with E-state index >= 15 is 13.3 Å². The fraction of sp³-hybridized carbons (Fsp3) is 0.559. The molecule has 6 nitrogen and oxygen atoms in total. The number of hydrogen-bond donors (Lipinski definition) is 0. The van der Waals surface area contributed by atoms with Crippen molar-refractivity contribution in [2.45, 2.75) is 63.2 Å². The minimum atomic E-state index is -3.79. The molecule has 3 fully saturated rings. The number of carbonyl (C=O) groups excluding carboxylic acids is 2. The van der Waals surface area contributed by atoms with Crippen molar-refractivity contribution < 1.29 is 27.6 Å². The Hall–Kier alpha value is -3.38. The molecule has 0 aromatic heterocycles. The summed E-state index contributed by atoms with van der Waals surface area (Å²) in [4.78, 5) is 27.2. The van der Waals surface area contributed by atoms with Crippen LogP contribution in [0.25, 0.3) is 0 Å². The molecule has 0 spiro atoms. The summed E-state index contributed by atoms with van der Waals surface area (Å²) in [5.41, 5.74) is 1.31. The molecule has 1 amide bonds. The second-order valence-corrected chi connectivity index (χ2v) is 12.8. The minimum Gasteiger partial charge on any atom is -0.469 e. The average molecular weight is 596 g/mol. The summed E-state index contributed by atoms with van der Waals surface area (Å²) in [6, 6.07) is 18.1. The first-order valence-electron chi connectivity index (χ1n) is 15.3. The maximum atomic E-state index is 15.6. The number of esters is 1. The van der Waals surface area contributed by atoms with Crippen molar-refractivity contribution in [3.8, 4) is 6.07 Å². The standard InChI is InChI=1S/C34H40F3N3O3/c1-43-31(41)28-12-10-24(11-13-28)22-39-16-14-33(15-17-39,20-25-6-5-7-26(18-25)21-38)23-40(37)32(42)34(35,36)30-19-29(30)27-8-3-2-4-9-27/h2-9,18,24,28-30H,10-17,19-20,22-23H2,1H3/t24?,28?,29-,30-/m1/s1. The van der Waals surface area contributed by atoms with Gasteiger partial charge in [-0.3, -0.25) is 9.59 Å². The van der Waals surface area contributed by atoms with E-state index < -0.39 is 35.6 Å². The molecule has 9 heteroatoms. The Morgan fingerprint density at radius 1 is 1.07 bits per heavy atom. The van der Waals surface area contributed by atoms with Gasteiger partial charge in [-0.05, 0) is 105 Å². The molecule has 2 aromatic rings. The monoisotopic (exact) mass is 595 g/mol. The Morgan fingerprint density at radius 2 is 1.77 bits per heavy atom. The highest BCUT2D eigenvalue weighted by molar-refractivity contribution is 5.83. The fourth-order valence-electron chi connectivity index (χ4n) is 7.25. The molecule has 2 atom stereocenters. The first kappa shape index (κ1) is 31.1. The van der Waals surface area contributed by atoms with E-state index in [1.54, 1.807) is 48.5 Å². The van der Waals surface area contributed by atoms with Gasteiger partial charge in [0.2, 0.25) is 0 Å². The summed E-state index contributed by atoms with van der Waals surface area (Å²) in [6.07, 6.45) is 5.11. The Bertz CT molecular complexity index is 1310. The van der Waals surface area contributed by atoms with Crippen molar-refractivity contribution in [2.24, 2.45) is 23.2 Å². The van der Waals surface area contributed by atoms with Crippen molar-refractivity contribution in [1.29, 1.82) is 5.26 Å². The molecule has 1 aliphatic heterocycles. The lowest BCUT2D eigenvalue weighted by Crippen LogP contribution is -2.50. The van der Waals surface area contributed by atoms with Gasteiger partial charge < -0.3 is 9.64 Å². The number of hydrogen-bond acceptors (Lipinski definition) is 5. The maximum Gasteiger partial charge on any atom is 0.330 e. The molecule has 2 aliphatic carbocycles. The van der Waals surface area contributed by atoms with E-state index in [9.17, 15) is 14.9 Å². The predicted octanol–water partition coefficient (Wildman–Crippen LogP) is 6.31. The lowest BCUT2D eigenvalue weighted by molar-refractivity contribution is -0.181. The van der Waals surface area contributed by atoms with E-state index in [1.165, 1.54) is 7.11 Å². The molecule has 0 N–H and O–H groups in total. The number of nitriles is 1. The second kappa shape index (κ2) is 13.1. The van der Waals surface area contributed by atoms with Gasteiger partial charge in [0.05, 0.1) is 31.2 Å². The van der Waals surface area contributed by atoms with Crippen molar-refractivity contribution in [2.75, 3.05) is 33.3 Å². The number of amides is 1. The van der Waals surface area contributed by atoms with Crippen molar-refractivity contribution >= 4 is 11.9 Å². The molecule has 2 aromatic carbocycles. The Kier molecular flexibility index (Phi) is 9.45. The van der Waals surface area contributed by atoms with Crippen LogP contribution in [0.1, 0.15) is 67.6 Å². The van der Waals surface area contributed by atoms with Crippen molar-refractivity contribution in [3.05, 3.63) is 71.3 Å². The predicted molar refractivity (Wildman–Crippen MR) is 155 cm³/mol. The van der Waals surface area contributed by atoms with Crippen LogP contribution in [-0.4, -0.2) is 61.1 Å². The van der Waals surface area contributed by atoms with E-state index in [0.29, 0.717) is 43.8 Å². The van der Waals surface area contributed by atoms with Crippen LogP contribution in [0.2, 0.25) is 0 Å². The first-order valence-corrected chi connectivity index (χ1v) is 15.3. The highest BCUT2D eigenvalue weighted by Crippen LogP contribution is 2.56. The smallest absolute Gasteiger partial charge is 0.330 e. The molecular formula is C34H40F3N3O3. The zero-order chi connectivity index (χ0) is 30.6. The number of rotatable bonds is 10. The number of piperidine rings is 1. The molecule has 3 aliphatic rings. The first-order chi connectivity index (χ1) is 20.6. The molecule has 5 rings (SSSR count). The van der Waals surface area contributed by atoms with Gasteiger partial charge in [0.25, 0.3) is 0 Å². The molecule has 0 bridgehead atoms. The quantitative estimate of drug-likeness (QED) is 0.238. The fourth-order valence-corrected chi connectivity index (χ4v) is 7.25. The van der Waals surface area contributed by atoms with Crippen molar-refractivity contribution in [3.63, 3.8) is 0 Å². The van der Waals surface area contributed by atoms with E-state index in [-0.39, 0.29) is 23.4 Å². The second-order valence-electron chi connectivity index (χ2n) is 12.8. The van der Waals surface area contributed by atoms with Crippen LogP contribution in [0.4, 0.5) is 13.3 Å². The summed E-state index contributed by atoms with van der Waals surface area (Å²) in [7, 11) is 1.42. The molecule has 43 heavy (non-hydrogen) atoms. The third-order valence-corrected chi connectivity index (χ3v) is 9.91. The van der Waals surface area contributed by atoms with E-state index in [2.05, 4.69) is 11.0 Å². The number of halogens is 3. The maximum absolute atomic E-state index is 15.6. The average Bonchev–Trinajstić information content (AvgIpc) is 3.85. The normalized spacial score (nSPS) is 25.4. The van der Waals surface area contributed by atoms with Crippen LogP contribution in [-0.2, 0) is 20.7 Å². The zero-order valence-corrected chi connectivity index (χ0v) is 24.7. The lowest BCUT2D eigenvalue weighted by atomic mass is 9.73. The summed E-state index contributed by atoms with van der Waals surface area (Å²) in [5.74, 6) is -6.94. The van der Waals surface area contributed by atoms with Gasteiger partial charge in [-0.25, -0.2) is 0 Å². The summed E-state index contributed by atoms with van der Waals surface area (Å²) < 4.78 is 51.1. The largest absolute Gasteiger partial charge is 0.469 e. The Balaban J connectivity index is 1.24. The molecule has 230 valence electrons. The summed E-state index contributed by atoms with van der Waals surface area (Å²) in [6.45, 7) is 1.77. The molecule has 0 unspecified atom stereocenters. The van der Waals surface area contributed by atoms with Crippen LogP contribution >= 0.6 is 0 Å². The third-order valence-electron chi connectivity index (χ3n) is 9.91. The van der Waals surface area contributed by atoms with E-state index in [1.807, 2.05) is 6.07 Å². The Morgan fingerprint density at radius 3 is 2.42 bits per heavy atom. The number of benzene rings is 2. The van der Waals surface area contributed by atoms with Gasteiger partial charge >= 0.3 is 17.8 Å². The molecule has 0 radical (unpaired) electrons. The number of likely N-dealkylation sites (tertiary alicyclic amines) is 1. The number of alkyl halides is 2. The number of ether oxygens (including phenoxy) is 1. The van der Waals surface area contributed by atoms with Crippen LogP contribution in [0, 0.1) is 34.5 Å². The van der Waals surface area contributed by atoms with Gasteiger partial charge in [0.1, 0.15) is 0 Å². The van der Waals surface area contributed by atoms with Crippen LogP contribution in [0.5, 0.6) is 0 Å². The summed E-state index contributed by atoms with van der Waals surface area (Å²) in [5, 5.41) is 9.15. The van der Waals surface area contributed by atoms with Gasteiger partial charge in [-0.2, -0.15) is 19.2 Å². The van der Waals surface area contributed by atoms with Crippen LogP contribution in [0.15, 0.2) is 54.6 Å².